The maximum Gasteiger partial charge on any atom is 0.250 e. The molecule has 1 amide bonds. The summed E-state index contributed by atoms with van der Waals surface area (Å²) in [5, 5.41) is 11.0. The quantitative estimate of drug-likeness (QED) is 0.765. The summed E-state index contributed by atoms with van der Waals surface area (Å²) in [6.45, 7) is 1.45. The van der Waals surface area contributed by atoms with Crippen LogP contribution in [0.5, 0.6) is 0 Å². The number of carbonyl (C=O) groups is 1. The Kier molecular flexibility index (Phi) is 3.61. The highest BCUT2D eigenvalue weighted by Crippen LogP contribution is 2.33. The summed E-state index contributed by atoms with van der Waals surface area (Å²) in [7, 11) is 0. The van der Waals surface area contributed by atoms with Crippen LogP contribution in [0.3, 0.4) is 0 Å². The van der Waals surface area contributed by atoms with Gasteiger partial charge in [0.05, 0.1) is 6.07 Å². The van der Waals surface area contributed by atoms with Crippen molar-refractivity contribution in [2.24, 2.45) is 5.92 Å². The number of halogens is 2. The summed E-state index contributed by atoms with van der Waals surface area (Å²) in [5.74, 6) is -3.91. The first-order valence-corrected chi connectivity index (χ1v) is 5.02. The van der Waals surface area contributed by atoms with Crippen LogP contribution >= 0.6 is 0 Å². The predicted octanol–water partition coefficient (Wildman–Crippen LogP) is 1.84. The molecule has 0 aliphatic heterocycles. The van der Waals surface area contributed by atoms with Gasteiger partial charge in [0, 0.05) is 18.9 Å². The van der Waals surface area contributed by atoms with Gasteiger partial charge < -0.3 is 5.32 Å². The van der Waals surface area contributed by atoms with E-state index in [0.717, 1.165) is 0 Å². The minimum Gasteiger partial charge on any atom is -0.352 e. The molecule has 2 atom stereocenters. The average Bonchev–Trinajstić information content (AvgIpc) is 2.14. The van der Waals surface area contributed by atoms with E-state index in [1.165, 1.54) is 6.92 Å². The van der Waals surface area contributed by atoms with Crippen molar-refractivity contribution in [3.8, 4) is 6.07 Å². The topological polar surface area (TPSA) is 52.9 Å². The molecule has 1 fully saturated rings. The van der Waals surface area contributed by atoms with Crippen molar-refractivity contribution in [3.63, 3.8) is 0 Å². The molecule has 1 N–H and O–H groups in total. The summed E-state index contributed by atoms with van der Waals surface area (Å²) in [4.78, 5) is 11.3. The number of nitriles is 1. The van der Waals surface area contributed by atoms with E-state index >= 15 is 0 Å². The molecule has 1 saturated carbocycles. The van der Waals surface area contributed by atoms with E-state index in [4.69, 9.17) is 5.26 Å². The van der Waals surface area contributed by atoms with Gasteiger partial charge in [-0.05, 0) is 19.8 Å². The van der Waals surface area contributed by atoms with Crippen LogP contribution in [0.1, 0.15) is 32.6 Å². The first-order chi connectivity index (χ1) is 6.94. The van der Waals surface area contributed by atoms with Gasteiger partial charge in [-0.3, -0.25) is 4.79 Å². The van der Waals surface area contributed by atoms with Gasteiger partial charge in [-0.1, -0.05) is 0 Å². The zero-order chi connectivity index (χ0) is 11.5. The molecule has 0 radical (unpaired) electrons. The van der Waals surface area contributed by atoms with E-state index in [0.29, 0.717) is 12.8 Å². The van der Waals surface area contributed by atoms with Crippen molar-refractivity contribution in [3.05, 3.63) is 0 Å². The molecule has 0 aromatic rings. The number of carbonyl (C=O) groups excluding carboxylic acids is 1. The maximum atomic E-state index is 13.0. The van der Waals surface area contributed by atoms with Crippen molar-refractivity contribution in [2.75, 3.05) is 0 Å². The fraction of sp³-hybridized carbons (Fsp3) is 0.800. The van der Waals surface area contributed by atoms with E-state index in [1.54, 1.807) is 6.07 Å². The summed E-state index contributed by atoms with van der Waals surface area (Å²) in [6, 6.07) is 1.29. The lowest BCUT2D eigenvalue weighted by Gasteiger charge is -2.29. The second-order valence-electron chi connectivity index (χ2n) is 4.01. The Morgan fingerprint density at radius 2 is 2.33 bits per heavy atom. The Hall–Kier alpha value is -1.18. The molecule has 1 aliphatic carbocycles. The fourth-order valence-electron chi connectivity index (χ4n) is 1.68. The number of hydrogen-bond donors (Lipinski definition) is 1. The van der Waals surface area contributed by atoms with E-state index in [9.17, 15) is 13.6 Å². The van der Waals surface area contributed by atoms with Gasteiger partial charge in [0.25, 0.3) is 0 Å². The molecule has 3 nitrogen and oxygen atoms in total. The minimum atomic E-state index is -2.67. The molecule has 0 aromatic carbocycles. The molecular weight excluding hydrogens is 202 g/mol. The number of hydrogen-bond acceptors (Lipinski definition) is 2. The summed E-state index contributed by atoms with van der Waals surface area (Å²) in [5.41, 5.74) is 0. The van der Waals surface area contributed by atoms with Crippen molar-refractivity contribution < 1.29 is 13.6 Å². The van der Waals surface area contributed by atoms with Gasteiger partial charge in [0.15, 0.2) is 0 Å². The highest BCUT2D eigenvalue weighted by molar-refractivity contribution is 5.80. The zero-order valence-electron chi connectivity index (χ0n) is 8.59. The standard InChI is InChI=1S/C10H14F2N2O/c1-7(6-13)9(15)14-8-3-2-4-10(11,12)5-8/h7-8H,2-5H2,1H3,(H,14,15). The third-order valence-electron chi connectivity index (χ3n) is 2.57. The van der Waals surface area contributed by atoms with E-state index < -0.39 is 23.8 Å². The Bertz CT molecular complexity index is 286. The van der Waals surface area contributed by atoms with Crippen LogP contribution in [0.2, 0.25) is 0 Å². The Morgan fingerprint density at radius 1 is 1.67 bits per heavy atom. The van der Waals surface area contributed by atoms with Gasteiger partial charge in [-0.15, -0.1) is 0 Å². The maximum absolute atomic E-state index is 13.0. The molecule has 84 valence electrons. The van der Waals surface area contributed by atoms with Crippen LogP contribution in [-0.4, -0.2) is 17.9 Å². The van der Waals surface area contributed by atoms with E-state index in [2.05, 4.69) is 5.32 Å². The van der Waals surface area contributed by atoms with E-state index in [1.807, 2.05) is 0 Å². The normalized spacial score (nSPS) is 26.4. The SMILES string of the molecule is CC(C#N)C(=O)NC1CCCC(F)(F)C1. The molecule has 1 aliphatic rings. The van der Waals surface area contributed by atoms with Crippen molar-refractivity contribution in [1.29, 1.82) is 5.26 Å². The molecule has 15 heavy (non-hydrogen) atoms. The minimum absolute atomic E-state index is 0.104. The lowest BCUT2D eigenvalue weighted by Crippen LogP contribution is -2.43. The van der Waals surface area contributed by atoms with Crippen LogP contribution in [0.15, 0.2) is 0 Å². The molecule has 0 heterocycles. The van der Waals surface area contributed by atoms with Crippen LogP contribution in [-0.2, 0) is 4.79 Å². The molecule has 0 saturated heterocycles. The van der Waals surface area contributed by atoms with Crippen molar-refractivity contribution in [2.45, 2.75) is 44.6 Å². The van der Waals surface area contributed by atoms with Crippen LogP contribution < -0.4 is 5.32 Å². The molecule has 0 spiro atoms. The van der Waals surface area contributed by atoms with Crippen LogP contribution in [0.4, 0.5) is 8.78 Å². The second-order valence-corrected chi connectivity index (χ2v) is 4.01. The van der Waals surface area contributed by atoms with E-state index in [-0.39, 0.29) is 12.8 Å². The molecule has 0 aromatic heterocycles. The Labute approximate surface area is 87.5 Å². The smallest absolute Gasteiger partial charge is 0.250 e. The van der Waals surface area contributed by atoms with Gasteiger partial charge >= 0.3 is 0 Å². The van der Waals surface area contributed by atoms with Gasteiger partial charge in [-0.25, -0.2) is 8.78 Å². The highest BCUT2D eigenvalue weighted by Gasteiger charge is 2.37. The number of rotatable bonds is 2. The fourth-order valence-corrected chi connectivity index (χ4v) is 1.68. The number of nitrogens with one attached hydrogen (secondary N) is 1. The average molecular weight is 216 g/mol. The van der Waals surface area contributed by atoms with Gasteiger partial charge in [-0.2, -0.15) is 5.26 Å². The van der Waals surface area contributed by atoms with Crippen molar-refractivity contribution >= 4 is 5.91 Å². The molecular formula is C10H14F2N2O. The number of alkyl halides is 2. The van der Waals surface area contributed by atoms with Crippen molar-refractivity contribution in [1.82, 2.24) is 5.32 Å². The van der Waals surface area contributed by atoms with Crippen LogP contribution in [0.25, 0.3) is 0 Å². The van der Waals surface area contributed by atoms with Gasteiger partial charge in [0.1, 0.15) is 5.92 Å². The highest BCUT2D eigenvalue weighted by atomic mass is 19.3. The number of amides is 1. The van der Waals surface area contributed by atoms with Gasteiger partial charge in [0.2, 0.25) is 11.8 Å². The molecule has 2 unspecified atom stereocenters. The first-order valence-electron chi connectivity index (χ1n) is 5.02. The Balaban J connectivity index is 2.46. The first kappa shape index (κ1) is 11.9. The second kappa shape index (κ2) is 4.56. The lowest BCUT2D eigenvalue weighted by atomic mass is 9.92. The summed E-state index contributed by atoms with van der Waals surface area (Å²) < 4.78 is 25.9. The molecule has 1 rings (SSSR count). The summed E-state index contributed by atoms with van der Waals surface area (Å²) >= 11 is 0. The predicted molar refractivity (Wildman–Crippen MR) is 50.1 cm³/mol. The molecule has 0 bridgehead atoms. The number of nitrogens with zero attached hydrogens (tertiary/aromatic N) is 1. The monoisotopic (exact) mass is 216 g/mol. The summed E-state index contributed by atoms with van der Waals surface area (Å²) in [6.07, 6.45) is 0.572. The van der Waals surface area contributed by atoms with Crippen LogP contribution in [0, 0.1) is 17.2 Å². The lowest BCUT2D eigenvalue weighted by molar-refractivity contribution is -0.125. The Morgan fingerprint density at radius 3 is 2.87 bits per heavy atom. The largest absolute Gasteiger partial charge is 0.352 e. The third-order valence-corrected chi connectivity index (χ3v) is 2.57. The zero-order valence-corrected chi connectivity index (χ0v) is 8.59. The molecule has 5 heteroatoms. The third kappa shape index (κ3) is 3.46.